The maximum absolute atomic E-state index is 13.9. The van der Waals surface area contributed by atoms with Crippen LogP contribution in [0, 0.1) is 5.92 Å². The van der Waals surface area contributed by atoms with Crippen molar-refractivity contribution in [3.05, 3.63) is 89.5 Å². The molecule has 1 saturated carbocycles. The average molecular weight is 602 g/mol. The van der Waals surface area contributed by atoms with Gasteiger partial charge in [0.2, 0.25) is 5.91 Å². The number of nitrogens with zero attached hydrogens (tertiary/aromatic N) is 1. The molecule has 2 atom stereocenters. The summed E-state index contributed by atoms with van der Waals surface area (Å²) in [4.78, 5) is 29.1. The van der Waals surface area contributed by atoms with Gasteiger partial charge in [0.05, 0.1) is 40.0 Å². The number of hydrogen-bond acceptors (Lipinski definition) is 7. The fraction of sp³-hybridized carbons (Fsp3) is 0.429. The van der Waals surface area contributed by atoms with Crippen LogP contribution in [0.1, 0.15) is 47.2 Å². The molecule has 9 nitrogen and oxygen atoms in total. The van der Waals surface area contributed by atoms with Crippen LogP contribution in [0.2, 0.25) is 0 Å². The van der Waals surface area contributed by atoms with Gasteiger partial charge in [-0.2, -0.15) is 0 Å². The molecular weight excluding hydrogens is 558 g/mol. The Hall–Kier alpha value is -4.08. The largest absolute Gasteiger partial charge is 0.496 e. The van der Waals surface area contributed by atoms with Gasteiger partial charge in [-0.05, 0) is 62.2 Å². The second kappa shape index (κ2) is 15.6. The standard InChI is InChI=1S/C35H43N3O6/c1-41-32-10-5-3-8-26(32)23-38(28-14-15-28)35(40)30-22-36-19-18-31(30)37-34(39)25-12-16-29(17-13-25)44-21-7-20-43-24-27-9-4-6-11-33(27)42-2/h3-6,8-13,16-17,28,30-31,36H,7,14-15,18-24H2,1-2H3,(H,37,39). The minimum atomic E-state index is -0.337. The number of methoxy groups -OCH3 is 2. The summed E-state index contributed by atoms with van der Waals surface area (Å²) in [5, 5.41) is 6.51. The Bertz CT molecular complexity index is 1380. The van der Waals surface area contributed by atoms with Crippen LogP contribution in [0.15, 0.2) is 72.8 Å². The average Bonchev–Trinajstić information content (AvgIpc) is 3.91. The number of nitrogens with one attached hydrogen (secondary N) is 2. The van der Waals surface area contributed by atoms with E-state index in [0.29, 0.717) is 50.6 Å². The van der Waals surface area contributed by atoms with E-state index < -0.39 is 0 Å². The Kier molecular flexibility index (Phi) is 11.1. The third-order valence-electron chi connectivity index (χ3n) is 8.19. The van der Waals surface area contributed by atoms with E-state index in [4.69, 9.17) is 18.9 Å². The van der Waals surface area contributed by atoms with E-state index in [1.54, 1.807) is 38.5 Å². The predicted octanol–water partition coefficient (Wildman–Crippen LogP) is 4.59. The Morgan fingerprint density at radius 1 is 0.864 bits per heavy atom. The Morgan fingerprint density at radius 2 is 1.55 bits per heavy atom. The van der Waals surface area contributed by atoms with Crippen LogP contribution >= 0.6 is 0 Å². The highest BCUT2D eigenvalue weighted by Gasteiger charge is 2.40. The van der Waals surface area contributed by atoms with Gasteiger partial charge in [0, 0.05) is 48.3 Å². The summed E-state index contributed by atoms with van der Waals surface area (Å²) in [7, 11) is 3.31. The molecule has 1 saturated heterocycles. The molecular formula is C35H43N3O6. The molecule has 2 aliphatic rings. The van der Waals surface area contributed by atoms with Crippen LogP contribution in [-0.2, 0) is 22.7 Å². The van der Waals surface area contributed by atoms with Crippen LogP contribution in [-0.4, -0.2) is 69.3 Å². The lowest BCUT2D eigenvalue weighted by atomic mass is 9.91. The van der Waals surface area contributed by atoms with Crippen LogP contribution < -0.4 is 24.8 Å². The van der Waals surface area contributed by atoms with Crippen molar-refractivity contribution in [1.82, 2.24) is 15.5 Å². The Morgan fingerprint density at radius 3 is 2.25 bits per heavy atom. The van der Waals surface area contributed by atoms with Crippen LogP contribution in [0.3, 0.4) is 0 Å². The highest BCUT2D eigenvalue weighted by Crippen LogP contribution is 2.32. The SMILES string of the molecule is COc1ccccc1COCCCOc1ccc(C(=O)NC2CCNCC2C(=O)N(Cc2ccccc2OC)C2CC2)cc1. The van der Waals surface area contributed by atoms with Gasteiger partial charge < -0.3 is 34.5 Å². The first-order valence-corrected chi connectivity index (χ1v) is 15.4. The molecule has 3 aromatic rings. The van der Waals surface area contributed by atoms with Crippen molar-refractivity contribution >= 4 is 11.8 Å². The number of rotatable bonds is 15. The van der Waals surface area contributed by atoms with Crippen molar-refractivity contribution in [1.29, 1.82) is 0 Å². The predicted molar refractivity (Wildman–Crippen MR) is 168 cm³/mol. The number of para-hydroxylation sites is 2. The zero-order chi connectivity index (χ0) is 30.7. The first-order valence-electron chi connectivity index (χ1n) is 15.4. The lowest BCUT2D eigenvalue weighted by Crippen LogP contribution is -2.55. The number of amides is 2. The quantitative estimate of drug-likeness (QED) is 0.246. The zero-order valence-corrected chi connectivity index (χ0v) is 25.6. The second-order valence-corrected chi connectivity index (χ2v) is 11.3. The summed E-state index contributed by atoms with van der Waals surface area (Å²) < 4.78 is 22.5. The van der Waals surface area contributed by atoms with Crippen molar-refractivity contribution < 1.29 is 28.5 Å². The van der Waals surface area contributed by atoms with Crippen molar-refractivity contribution in [2.45, 2.75) is 50.9 Å². The maximum atomic E-state index is 13.9. The second-order valence-electron chi connectivity index (χ2n) is 11.3. The lowest BCUT2D eigenvalue weighted by Gasteiger charge is -2.36. The molecule has 1 heterocycles. The molecule has 234 valence electrons. The Labute approximate surface area is 259 Å². The van der Waals surface area contributed by atoms with E-state index in [1.807, 2.05) is 53.4 Å². The topological polar surface area (TPSA) is 98.4 Å². The van der Waals surface area contributed by atoms with Crippen molar-refractivity contribution in [2.24, 2.45) is 5.92 Å². The third-order valence-corrected chi connectivity index (χ3v) is 8.19. The van der Waals surface area contributed by atoms with Gasteiger partial charge in [-0.25, -0.2) is 0 Å². The number of hydrogen-bond donors (Lipinski definition) is 2. The minimum absolute atomic E-state index is 0.0755. The van der Waals surface area contributed by atoms with E-state index in [-0.39, 0.29) is 29.8 Å². The van der Waals surface area contributed by atoms with Crippen LogP contribution in [0.5, 0.6) is 17.2 Å². The smallest absolute Gasteiger partial charge is 0.251 e. The normalized spacial score (nSPS) is 17.9. The van der Waals surface area contributed by atoms with Gasteiger partial charge in [0.25, 0.3) is 5.91 Å². The number of carbonyl (C=O) groups is 2. The molecule has 2 fully saturated rings. The van der Waals surface area contributed by atoms with Crippen molar-refractivity contribution in [2.75, 3.05) is 40.5 Å². The molecule has 1 aliphatic heterocycles. The van der Waals surface area contributed by atoms with Crippen LogP contribution in [0.4, 0.5) is 0 Å². The number of benzene rings is 3. The highest BCUT2D eigenvalue weighted by atomic mass is 16.5. The van der Waals surface area contributed by atoms with Gasteiger partial charge >= 0.3 is 0 Å². The summed E-state index contributed by atoms with van der Waals surface area (Å²) in [6, 6.07) is 22.8. The molecule has 44 heavy (non-hydrogen) atoms. The highest BCUT2D eigenvalue weighted by molar-refractivity contribution is 5.95. The number of ether oxygens (including phenoxy) is 4. The Balaban J connectivity index is 1.10. The van der Waals surface area contributed by atoms with E-state index >= 15 is 0 Å². The summed E-state index contributed by atoms with van der Waals surface area (Å²) in [6.07, 6.45) is 3.43. The molecule has 0 aromatic heterocycles. The summed E-state index contributed by atoms with van der Waals surface area (Å²) in [5.41, 5.74) is 2.54. The van der Waals surface area contributed by atoms with Crippen molar-refractivity contribution in [3.8, 4) is 17.2 Å². The van der Waals surface area contributed by atoms with Gasteiger partial charge in [-0.3, -0.25) is 9.59 Å². The molecule has 1 aliphatic carbocycles. The van der Waals surface area contributed by atoms with Gasteiger partial charge in [-0.15, -0.1) is 0 Å². The van der Waals surface area contributed by atoms with Crippen molar-refractivity contribution in [3.63, 3.8) is 0 Å². The van der Waals surface area contributed by atoms with Gasteiger partial charge in [0.1, 0.15) is 17.2 Å². The molecule has 0 radical (unpaired) electrons. The fourth-order valence-corrected chi connectivity index (χ4v) is 5.60. The summed E-state index contributed by atoms with van der Waals surface area (Å²) in [6.45, 7) is 3.33. The van der Waals surface area contributed by atoms with E-state index in [0.717, 1.165) is 48.4 Å². The number of piperidine rings is 1. The van der Waals surface area contributed by atoms with Crippen LogP contribution in [0.25, 0.3) is 0 Å². The summed E-state index contributed by atoms with van der Waals surface area (Å²) >= 11 is 0. The van der Waals surface area contributed by atoms with Gasteiger partial charge in [0.15, 0.2) is 0 Å². The molecule has 2 amide bonds. The van der Waals surface area contributed by atoms with E-state index in [2.05, 4.69) is 10.6 Å². The molecule has 0 spiro atoms. The molecule has 2 unspecified atom stereocenters. The first kappa shape index (κ1) is 31.3. The monoisotopic (exact) mass is 601 g/mol. The maximum Gasteiger partial charge on any atom is 0.251 e. The molecule has 5 rings (SSSR count). The molecule has 2 N–H and O–H groups in total. The molecule has 9 heteroatoms. The first-order chi connectivity index (χ1) is 21.6. The van der Waals surface area contributed by atoms with Gasteiger partial charge in [-0.1, -0.05) is 36.4 Å². The third kappa shape index (κ3) is 8.30. The zero-order valence-electron chi connectivity index (χ0n) is 25.6. The molecule has 0 bridgehead atoms. The lowest BCUT2D eigenvalue weighted by molar-refractivity contribution is -0.138. The molecule has 3 aromatic carbocycles. The van der Waals surface area contributed by atoms with E-state index in [1.165, 1.54) is 0 Å². The number of carbonyl (C=O) groups excluding carboxylic acids is 2. The summed E-state index contributed by atoms with van der Waals surface area (Å²) in [5.74, 6) is 1.84. The fourth-order valence-electron chi connectivity index (χ4n) is 5.60. The minimum Gasteiger partial charge on any atom is -0.496 e. The van der Waals surface area contributed by atoms with E-state index in [9.17, 15) is 9.59 Å².